The molecule has 1 aliphatic heterocycles. The van der Waals surface area contributed by atoms with Gasteiger partial charge in [-0.15, -0.1) is 0 Å². The fraction of sp³-hybridized carbons (Fsp3) is 0.769. The minimum absolute atomic E-state index is 0.181. The highest BCUT2D eigenvalue weighted by Gasteiger charge is 2.27. The van der Waals surface area contributed by atoms with Crippen LogP contribution in [0.2, 0.25) is 0 Å². The number of hydrogen-bond acceptors (Lipinski definition) is 5. The Kier molecular flexibility index (Phi) is 7.70. The summed E-state index contributed by atoms with van der Waals surface area (Å²) in [6, 6.07) is -0.906. The molecule has 8 heteroatoms. The van der Waals surface area contributed by atoms with Gasteiger partial charge < -0.3 is 27.4 Å². The van der Waals surface area contributed by atoms with Crippen LogP contribution in [0.1, 0.15) is 32.1 Å². The van der Waals surface area contributed by atoms with Crippen LogP contribution in [0.3, 0.4) is 0 Å². The number of hydrogen-bond donors (Lipinski definition) is 5. The largest absolute Gasteiger partial charge is 0.368 e. The molecule has 0 aromatic rings. The average Bonchev–Trinajstić information content (AvgIpc) is 2.98. The molecule has 0 spiro atoms. The normalized spacial score (nSPS) is 19.0. The van der Waals surface area contributed by atoms with Crippen molar-refractivity contribution in [3.05, 3.63) is 0 Å². The Morgan fingerprint density at radius 2 is 2.05 bits per heavy atom. The first-order valence-electron chi connectivity index (χ1n) is 7.34. The van der Waals surface area contributed by atoms with E-state index >= 15 is 0 Å². The highest BCUT2D eigenvalue weighted by atomic mass is 16.2. The lowest BCUT2D eigenvalue weighted by molar-refractivity contribution is -0.130. The Balaban J connectivity index is 2.51. The summed E-state index contributed by atoms with van der Waals surface area (Å²) >= 11 is 0. The van der Waals surface area contributed by atoms with Crippen LogP contribution in [0.25, 0.3) is 0 Å². The van der Waals surface area contributed by atoms with Crippen LogP contribution in [0.15, 0.2) is 0 Å². The third-order valence-electron chi connectivity index (χ3n) is 3.39. The van der Waals surface area contributed by atoms with E-state index in [2.05, 4.69) is 16.0 Å². The molecule has 0 aromatic heterocycles. The predicted octanol–water partition coefficient (Wildman–Crippen LogP) is -2.05. The van der Waals surface area contributed by atoms with Gasteiger partial charge in [0.05, 0.1) is 12.6 Å². The molecule has 2 atom stereocenters. The van der Waals surface area contributed by atoms with E-state index in [0.717, 1.165) is 32.2 Å². The number of rotatable bonds is 9. The molecule has 1 fully saturated rings. The molecule has 1 heterocycles. The number of nitrogens with one attached hydrogen (secondary N) is 3. The van der Waals surface area contributed by atoms with Gasteiger partial charge in [0.15, 0.2) is 0 Å². The highest BCUT2D eigenvalue weighted by Crippen LogP contribution is 2.07. The minimum atomic E-state index is -0.661. The zero-order valence-corrected chi connectivity index (χ0v) is 12.2. The molecule has 1 rings (SSSR count). The second-order valence-electron chi connectivity index (χ2n) is 5.18. The maximum Gasteiger partial charge on any atom is 0.243 e. The lowest BCUT2D eigenvalue weighted by atomic mass is 10.1. The lowest BCUT2D eigenvalue weighted by Gasteiger charge is -2.20. The summed E-state index contributed by atoms with van der Waals surface area (Å²) in [7, 11) is 0. The predicted molar refractivity (Wildman–Crippen MR) is 78.1 cm³/mol. The van der Waals surface area contributed by atoms with E-state index in [1.165, 1.54) is 0 Å². The standard InChI is InChI=1S/C13H25N5O3/c14-6-2-1-4-10(12(20)17-8-11(15)19)18-13(21)9-5-3-7-16-9/h9-10,16H,1-8,14H2,(H2,15,19)(H,17,20)(H,18,21). The number of nitrogens with two attached hydrogens (primary N) is 2. The second kappa shape index (κ2) is 9.30. The van der Waals surface area contributed by atoms with E-state index in [-0.39, 0.29) is 18.5 Å². The van der Waals surface area contributed by atoms with Gasteiger partial charge in [-0.25, -0.2) is 0 Å². The van der Waals surface area contributed by atoms with Crippen LogP contribution in [0.5, 0.6) is 0 Å². The van der Waals surface area contributed by atoms with Crippen molar-refractivity contribution in [2.24, 2.45) is 11.5 Å². The molecule has 21 heavy (non-hydrogen) atoms. The second-order valence-corrected chi connectivity index (χ2v) is 5.18. The van der Waals surface area contributed by atoms with Gasteiger partial charge in [-0.3, -0.25) is 14.4 Å². The zero-order chi connectivity index (χ0) is 15.7. The van der Waals surface area contributed by atoms with E-state index in [1.807, 2.05) is 0 Å². The lowest BCUT2D eigenvalue weighted by Crippen LogP contribution is -2.52. The smallest absolute Gasteiger partial charge is 0.243 e. The number of carbonyl (C=O) groups excluding carboxylic acids is 3. The number of unbranched alkanes of at least 4 members (excludes halogenated alkanes) is 1. The summed E-state index contributed by atoms with van der Waals surface area (Å²) < 4.78 is 0. The van der Waals surface area contributed by atoms with Crippen LogP contribution >= 0.6 is 0 Å². The molecule has 0 saturated carbocycles. The molecule has 0 aromatic carbocycles. The molecule has 0 aliphatic carbocycles. The first-order valence-corrected chi connectivity index (χ1v) is 7.34. The minimum Gasteiger partial charge on any atom is -0.368 e. The van der Waals surface area contributed by atoms with Crippen molar-refractivity contribution in [3.63, 3.8) is 0 Å². The third-order valence-corrected chi connectivity index (χ3v) is 3.39. The van der Waals surface area contributed by atoms with Crippen molar-refractivity contribution in [2.45, 2.75) is 44.2 Å². The maximum atomic E-state index is 12.1. The molecule has 7 N–H and O–H groups in total. The van der Waals surface area contributed by atoms with E-state index in [0.29, 0.717) is 13.0 Å². The molecular weight excluding hydrogens is 274 g/mol. The molecule has 3 amide bonds. The summed E-state index contributed by atoms with van der Waals surface area (Å²) in [5, 5.41) is 8.24. The summed E-state index contributed by atoms with van der Waals surface area (Å²) in [6.07, 6.45) is 3.70. The fourth-order valence-corrected chi connectivity index (χ4v) is 2.24. The number of carbonyl (C=O) groups is 3. The van der Waals surface area contributed by atoms with Crippen molar-refractivity contribution in [1.82, 2.24) is 16.0 Å². The number of amides is 3. The van der Waals surface area contributed by atoms with Crippen molar-refractivity contribution in [3.8, 4) is 0 Å². The van der Waals surface area contributed by atoms with Gasteiger partial charge in [-0.2, -0.15) is 0 Å². The molecule has 2 unspecified atom stereocenters. The monoisotopic (exact) mass is 299 g/mol. The van der Waals surface area contributed by atoms with Gasteiger partial charge in [0.2, 0.25) is 17.7 Å². The fourth-order valence-electron chi connectivity index (χ4n) is 2.24. The summed E-state index contributed by atoms with van der Waals surface area (Å²) in [4.78, 5) is 34.8. The molecule has 1 aliphatic rings. The molecule has 0 bridgehead atoms. The first-order chi connectivity index (χ1) is 10.0. The third kappa shape index (κ3) is 6.54. The molecule has 120 valence electrons. The van der Waals surface area contributed by atoms with Gasteiger partial charge >= 0.3 is 0 Å². The van der Waals surface area contributed by atoms with Crippen LogP contribution < -0.4 is 27.4 Å². The molecule has 1 saturated heterocycles. The Hall–Kier alpha value is -1.67. The Labute approximate surface area is 124 Å². The molecule has 0 radical (unpaired) electrons. The Bertz CT molecular complexity index is 369. The Morgan fingerprint density at radius 3 is 2.62 bits per heavy atom. The van der Waals surface area contributed by atoms with Crippen molar-refractivity contribution < 1.29 is 14.4 Å². The van der Waals surface area contributed by atoms with Gasteiger partial charge in [0.1, 0.15) is 6.04 Å². The first kappa shape index (κ1) is 17.4. The van der Waals surface area contributed by atoms with Gasteiger partial charge in [-0.05, 0) is 45.2 Å². The topological polar surface area (TPSA) is 139 Å². The number of primary amides is 1. The summed E-state index contributed by atoms with van der Waals surface area (Å²) in [6.45, 7) is 1.11. The van der Waals surface area contributed by atoms with E-state index < -0.39 is 17.9 Å². The van der Waals surface area contributed by atoms with Crippen LogP contribution in [0, 0.1) is 0 Å². The zero-order valence-electron chi connectivity index (χ0n) is 12.2. The van der Waals surface area contributed by atoms with E-state index in [4.69, 9.17) is 11.5 Å². The summed E-state index contributed by atoms with van der Waals surface area (Å²) in [5.41, 5.74) is 10.4. The van der Waals surface area contributed by atoms with Crippen LogP contribution in [-0.4, -0.2) is 49.4 Å². The van der Waals surface area contributed by atoms with Crippen molar-refractivity contribution in [2.75, 3.05) is 19.6 Å². The van der Waals surface area contributed by atoms with Crippen LogP contribution in [0.4, 0.5) is 0 Å². The summed E-state index contributed by atoms with van der Waals surface area (Å²) in [5.74, 6) is -1.19. The van der Waals surface area contributed by atoms with Gasteiger partial charge in [0, 0.05) is 0 Å². The highest BCUT2D eigenvalue weighted by molar-refractivity contribution is 5.91. The van der Waals surface area contributed by atoms with E-state index in [9.17, 15) is 14.4 Å². The quantitative estimate of drug-likeness (QED) is 0.312. The SMILES string of the molecule is NCCCCC(NC(=O)C1CCCN1)C(=O)NCC(N)=O. The average molecular weight is 299 g/mol. The van der Waals surface area contributed by atoms with Gasteiger partial charge in [-0.1, -0.05) is 0 Å². The maximum absolute atomic E-state index is 12.1. The molecular formula is C13H25N5O3. The van der Waals surface area contributed by atoms with Crippen molar-refractivity contribution >= 4 is 17.7 Å². The van der Waals surface area contributed by atoms with Gasteiger partial charge in [0.25, 0.3) is 0 Å². The van der Waals surface area contributed by atoms with Crippen molar-refractivity contribution in [1.29, 1.82) is 0 Å². The van der Waals surface area contributed by atoms with Crippen LogP contribution in [-0.2, 0) is 14.4 Å². The molecule has 8 nitrogen and oxygen atoms in total. The van der Waals surface area contributed by atoms with E-state index in [1.54, 1.807) is 0 Å². The Morgan fingerprint density at radius 1 is 1.29 bits per heavy atom.